The molecule has 4 aromatic rings. The second kappa shape index (κ2) is 7.85. The van der Waals surface area contributed by atoms with E-state index in [0.29, 0.717) is 25.2 Å². The molecule has 3 heterocycles. The van der Waals surface area contributed by atoms with E-state index < -0.39 is 0 Å². The third kappa shape index (κ3) is 3.64. The summed E-state index contributed by atoms with van der Waals surface area (Å²) in [6.07, 6.45) is 1.72. The Labute approximate surface area is 179 Å². The molecule has 0 radical (unpaired) electrons. The van der Waals surface area contributed by atoms with E-state index in [1.54, 1.807) is 18.2 Å². The average Bonchev–Trinajstić information content (AvgIpc) is 3.20. The summed E-state index contributed by atoms with van der Waals surface area (Å²) in [7, 11) is 1.65. The van der Waals surface area contributed by atoms with Crippen LogP contribution >= 0.6 is 0 Å². The first-order valence-electron chi connectivity index (χ1n) is 10.1. The number of likely N-dealkylation sites (tertiary alicyclic amines) is 1. The van der Waals surface area contributed by atoms with E-state index in [0.717, 1.165) is 39.1 Å². The average molecular weight is 414 g/mol. The van der Waals surface area contributed by atoms with Gasteiger partial charge >= 0.3 is 0 Å². The molecule has 5 rings (SSSR count). The Hall–Kier alpha value is -3.71. The number of pyridine rings is 1. The minimum Gasteiger partial charge on any atom is -0.496 e. The number of para-hydroxylation sites is 1. The molecule has 1 aliphatic rings. The normalized spacial score (nSPS) is 13.9. The number of rotatable bonds is 5. The molecule has 1 saturated heterocycles. The van der Waals surface area contributed by atoms with Gasteiger partial charge in [0.15, 0.2) is 5.65 Å². The molecule has 7 nitrogen and oxygen atoms in total. The van der Waals surface area contributed by atoms with Crippen LogP contribution in [0.5, 0.6) is 5.75 Å². The fraction of sp³-hybridized carbons (Fsp3) is 0.208. The number of amides is 1. The predicted molar refractivity (Wildman–Crippen MR) is 118 cm³/mol. The van der Waals surface area contributed by atoms with Crippen LogP contribution in [0.25, 0.3) is 33.4 Å². The van der Waals surface area contributed by atoms with Crippen molar-refractivity contribution in [1.82, 2.24) is 20.1 Å². The number of hydrogen-bond donors (Lipinski definition) is 2. The van der Waals surface area contributed by atoms with Crippen LogP contribution in [0.15, 0.2) is 60.8 Å². The maximum Gasteiger partial charge on any atom is 0.227 e. The number of hydrogen-bond acceptors (Lipinski definition) is 5. The third-order valence-corrected chi connectivity index (χ3v) is 5.62. The number of benzene rings is 2. The summed E-state index contributed by atoms with van der Waals surface area (Å²) in [6.45, 7) is 0.844. The molecule has 2 aromatic heterocycles. The smallest absolute Gasteiger partial charge is 0.227 e. The van der Waals surface area contributed by atoms with E-state index >= 15 is 0 Å². The van der Waals surface area contributed by atoms with Gasteiger partial charge in [-0.05, 0) is 29.3 Å². The van der Waals surface area contributed by atoms with Crippen molar-refractivity contribution in [2.75, 3.05) is 20.2 Å². The lowest BCUT2D eigenvalue weighted by atomic mass is 10.0. The van der Waals surface area contributed by atoms with Crippen LogP contribution in [0.1, 0.15) is 5.56 Å². The number of aliphatic hydroxyl groups excluding tert-OH is 1. The van der Waals surface area contributed by atoms with E-state index in [9.17, 15) is 9.90 Å². The summed E-state index contributed by atoms with van der Waals surface area (Å²) in [4.78, 5) is 18.6. The molecule has 0 spiro atoms. The summed E-state index contributed by atoms with van der Waals surface area (Å²) >= 11 is 0. The van der Waals surface area contributed by atoms with Gasteiger partial charge in [-0.3, -0.25) is 9.89 Å². The number of nitrogens with zero attached hydrogens (tertiary/aromatic N) is 3. The molecular weight excluding hydrogens is 392 g/mol. The molecule has 31 heavy (non-hydrogen) atoms. The van der Waals surface area contributed by atoms with E-state index in [4.69, 9.17) is 4.74 Å². The predicted octanol–water partition coefficient (Wildman–Crippen LogP) is 3.05. The Morgan fingerprint density at radius 1 is 1.16 bits per heavy atom. The van der Waals surface area contributed by atoms with Crippen molar-refractivity contribution in [2.24, 2.45) is 0 Å². The highest BCUT2D eigenvalue weighted by atomic mass is 16.5. The molecule has 0 unspecified atom stereocenters. The van der Waals surface area contributed by atoms with Crippen LogP contribution in [-0.4, -0.2) is 57.4 Å². The van der Waals surface area contributed by atoms with Crippen molar-refractivity contribution in [1.29, 1.82) is 0 Å². The van der Waals surface area contributed by atoms with Gasteiger partial charge in [0.05, 0.1) is 25.3 Å². The topological polar surface area (TPSA) is 91.3 Å². The number of ether oxygens (including phenoxy) is 1. The first-order chi connectivity index (χ1) is 15.1. The first-order valence-corrected chi connectivity index (χ1v) is 10.1. The van der Waals surface area contributed by atoms with Crippen LogP contribution < -0.4 is 4.74 Å². The van der Waals surface area contributed by atoms with Crippen molar-refractivity contribution in [2.45, 2.75) is 12.5 Å². The number of carbonyl (C=O) groups is 1. The Morgan fingerprint density at radius 2 is 2.00 bits per heavy atom. The maximum atomic E-state index is 12.4. The molecular formula is C24H22N4O3. The number of fused-ring (bicyclic) bond motifs is 1. The molecule has 1 aliphatic heterocycles. The number of H-pyrrole nitrogens is 1. The minimum absolute atomic E-state index is 0.0318. The monoisotopic (exact) mass is 414 g/mol. The number of aliphatic hydroxyl groups is 1. The standard InChI is InChI=1S/C24H22N4O3/c1-31-21-8-3-2-7-19(21)23-20-11-17(12-25-24(20)27-26-23)16-6-4-5-15(9-16)10-22(30)28-13-18(29)14-28/h2-9,11-12,18,29H,10,13-14H2,1H3,(H,25,26,27). The van der Waals surface area contributed by atoms with Crippen molar-refractivity contribution < 1.29 is 14.6 Å². The summed E-state index contributed by atoms with van der Waals surface area (Å²) in [5.41, 5.74) is 5.26. The Bertz CT molecular complexity index is 1260. The molecule has 0 atom stereocenters. The molecule has 1 fully saturated rings. The van der Waals surface area contributed by atoms with Crippen LogP contribution in [0.2, 0.25) is 0 Å². The van der Waals surface area contributed by atoms with Crippen molar-refractivity contribution in [3.05, 3.63) is 66.4 Å². The second-order valence-corrected chi connectivity index (χ2v) is 7.72. The van der Waals surface area contributed by atoms with E-state index in [1.165, 1.54) is 0 Å². The van der Waals surface area contributed by atoms with Gasteiger partial charge < -0.3 is 14.7 Å². The van der Waals surface area contributed by atoms with E-state index in [-0.39, 0.29) is 12.0 Å². The highest BCUT2D eigenvalue weighted by molar-refractivity contribution is 5.94. The Balaban J connectivity index is 1.48. The van der Waals surface area contributed by atoms with Gasteiger partial charge in [-0.1, -0.05) is 36.4 Å². The summed E-state index contributed by atoms with van der Waals surface area (Å²) in [6, 6.07) is 17.8. The summed E-state index contributed by atoms with van der Waals surface area (Å²) in [5.74, 6) is 0.791. The molecule has 2 aromatic carbocycles. The SMILES string of the molecule is COc1ccccc1-c1[nH]nc2ncc(-c3cccc(CC(=O)N4CC(O)C4)c3)cc12. The van der Waals surface area contributed by atoms with Crippen LogP contribution in [0.4, 0.5) is 0 Å². The van der Waals surface area contributed by atoms with Crippen LogP contribution in [-0.2, 0) is 11.2 Å². The fourth-order valence-electron chi connectivity index (χ4n) is 3.92. The molecule has 2 N–H and O–H groups in total. The number of carbonyl (C=O) groups excluding carboxylic acids is 1. The van der Waals surface area contributed by atoms with Crippen LogP contribution in [0.3, 0.4) is 0 Å². The van der Waals surface area contributed by atoms with Gasteiger partial charge in [0.25, 0.3) is 0 Å². The lowest BCUT2D eigenvalue weighted by Gasteiger charge is -2.35. The summed E-state index contributed by atoms with van der Waals surface area (Å²) in [5, 5.41) is 17.7. The number of β-amino-alcohol motifs (C(OH)–C–C–N with tert-alkyl or cyclic N) is 1. The lowest BCUT2D eigenvalue weighted by molar-refractivity contribution is -0.140. The van der Waals surface area contributed by atoms with Gasteiger partial charge in [0.2, 0.25) is 5.91 Å². The molecule has 0 bridgehead atoms. The zero-order valence-corrected chi connectivity index (χ0v) is 17.1. The number of aromatic amines is 1. The van der Waals surface area contributed by atoms with E-state index in [2.05, 4.69) is 21.2 Å². The van der Waals surface area contributed by atoms with Crippen molar-refractivity contribution >= 4 is 16.9 Å². The van der Waals surface area contributed by atoms with Gasteiger partial charge in [-0.2, -0.15) is 5.10 Å². The summed E-state index contributed by atoms with van der Waals surface area (Å²) < 4.78 is 5.51. The largest absolute Gasteiger partial charge is 0.496 e. The second-order valence-electron chi connectivity index (χ2n) is 7.72. The highest BCUT2D eigenvalue weighted by Crippen LogP contribution is 2.34. The molecule has 0 saturated carbocycles. The number of nitrogens with one attached hydrogen (secondary N) is 1. The lowest BCUT2D eigenvalue weighted by Crippen LogP contribution is -2.53. The molecule has 156 valence electrons. The van der Waals surface area contributed by atoms with Gasteiger partial charge in [0.1, 0.15) is 5.75 Å². The van der Waals surface area contributed by atoms with Crippen LogP contribution in [0, 0.1) is 0 Å². The quantitative estimate of drug-likeness (QED) is 0.524. The zero-order chi connectivity index (χ0) is 21.4. The molecule has 1 amide bonds. The van der Waals surface area contributed by atoms with Gasteiger partial charge in [0, 0.05) is 35.8 Å². The minimum atomic E-state index is -0.388. The number of aromatic nitrogens is 3. The third-order valence-electron chi connectivity index (χ3n) is 5.62. The fourth-order valence-corrected chi connectivity index (χ4v) is 3.92. The Morgan fingerprint density at radius 3 is 2.81 bits per heavy atom. The van der Waals surface area contributed by atoms with Gasteiger partial charge in [-0.25, -0.2) is 4.98 Å². The maximum absolute atomic E-state index is 12.4. The molecule has 0 aliphatic carbocycles. The van der Waals surface area contributed by atoms with Crippen molar-refractivity contribution in [3.8, 4) is 28.1 Å². The molecule has 7 heteroatoms. The first kappa shape index (κ1) is 19.3. The van der Waals surface area contributed by atoms with Gasteiger partial charge in [-0.15, -0.1) is 0 Å². The zero-order valence-electron chi connectivity index (χ0n) is 17.1. The Kier molecular flexibility index (Phi) is 4.88. The number of methoxy groups -OCH3 is 1. The van der Waals surface area contributed by atoms with Crippen molar-refractivity contribution in [3.63, 3.8) is 0 Å². The highest BCUT2D eigenvalue weighted by Gasteiger charge is 2.28. The van der Waals surface area contributed by atoms with E-state index in [1.807, 2.05) is 48.5 Å².